The first kappa shape index (κ1) is 16.4. The molecule has 0 radical (unpaired) electrons. The number of aromatic nitrogens is 1. The highest BCUT2D eigenvalue weighted by molar-refractivity contribution is 5.94. The quantitative estimate of drug-likeness (QED) is 0.910. The molecule has 0 spiro atoms. The van der Waals surface area contributed by atoms with Gasteiger partial charge in [0.2, 0.25) is 5.56 Å². The molecule has 0 bridgehead atoms. The number of hydrogen-bond donors (Lipinski definition) is 1. The van der Waals surface area contributed by atoms with E-state index in [1.54, 1.807) is 11.9 Å². The van der Waals surface area contributed by atoms with Crippen molar-refractivity contribution in [2.75, 3.05) is 6.54 Å². The van der Waals surface area contributed by atoms with Crippen LogP contribution in [0, 0.1) is 5.82 Å². The van der Waals surface area contributed by atoms with Crippen molar-refractivity contribution in [2.45, 2.75) is 25.0 Å². The van der Waals surface area contributed by atoms with Crippen LogP contribution in [0.25, 0.3) is 0 Å². The molecule has 1 heterocycles. The number of benzene rings is 1. The molecule has 0 saturated heterocycles. The lowest BCUT2D eigenvalue weighted by Gasteiger charge is -2.25. The minimum Gasteiger partial charge on any atom is -0.387 e. The molecule has 126 valence electrons. The molecule has 1 aliphatic rings. The molecule has 5 nitrogen and oxygen atoms in total. The number of pyridine rings is 1. The molecule has 1 aromatic heterocycles. The summed E-state index contributed by atoms with van der Waals surface area (Å²) in [6.45, 7) is 0.137. The average molecular weight is 330 g/mol. The highest BCUT2D eigenvalue weighted by atomic mass is 19.1. The summed E-state index contributed by atoms with van der Waals surface area (Å²) in [5.74, 6) is -0.583. The Balaban J connectivity index is 1.79. The normalized spacial score (nSPS) is 15.1. The molecule has 1 fully saturated rings. The fraction of sp³-hybridized carbons (Fsp3) is 0.333. The average Bonchev–Trinajstić information content (AvgIpc) is 3.40. The van der Waals surface area contributed by atoms with Gasteiger partial charge < -0.3 is 14.6 Å². The first-order chi connectivity index (χ1) is 11.5. The fourth-order valence-electron chi connectivity index (χ4n) is 2.65. The third-order valence-electron chi connectivity index (χ3n) is 4.21. The highest BCUT2D eigenvalue weighted by Gasteiger charge is 2.34. The van der Waals surface area contributed by atoms with E-state index in [2.05, 4.69) is 0 Å². The molecular formula is C18H19FN2O3. The van der Waals surface area contributed by atoms with E-state index in [0.29, 0.717) is 11.1 Å². The van der Waals surface area contributed by atoms with Gasteiger partial charge in [-0.15, -0.1) is 0 Å². The van der Waals surface area contributed by atoms with Crippen molar-refractivity contribution in [3.05, 3.63) is 69.9 Å². The summed E-state index contributed by atoms with van der Waals surface area (Å²) in [6.07, 6.45) is 2.41. The second-order valence-electron chi connectivity index (χ2n) is 6.12. The van der Waals surface area contributed by atoms with Gasteiger partial charge in [0.25, 0.3) is 5.91 Å². The number of hydrogen-bond acceptors (Lipinski definition) is 3. The zero-order chi connectivity index (χ0) is 17.3. The number of halogens is 1. The minimum absolute atomic E-state index is 0.102. The summed E-state index contributed by atoms with van der Waals surface area (Å²) in [4.78, 5) is 25.9. The second kappa shape index (κ2) is 6.57. The van der Waals surface area contributed by atoms with E-state index in [1.807, 2.05) is 0 Å². The summed E-state index contributed by atoms with van der Waals surface area (Å²) in [7, 11) is 1.59. The van der Waals surface area contributed by atoms with Gasteiger partial charge >= 0.3 is 0 Å². The lowest BCUT2D eigenvalue weighted by molar-refractivity contribution is 0.0602. The number of aliphatic hydroxyl groups is 1. The predicted molar refractivity (Wildman–Crippen MR) is 87.1 cm³/mol. The zero-order valence-electron chi connectivity index (χ0n) is 13.4. The van der Waals surface area contributed by atoms with Gasteiger partial charge in [-0.25, -0.2) is 4.39 Å². The fourth-order valence-corrected chi connectivity index (χ4v) is 2.65. The molecule has 0 aliphatic heterocycles. The maximum Gasteiger partial charge on any atom is 0.255 e. The summed E-state index contributed by atoms with van der Waals surface area (Å²) < 4.78 is 14.4. The van der Waals surface area contributed by atoms with Crippen LogP contribution in [0.5, 0.6) is 0 Å². The van der Waals surface area contributed by atoms with Crippen LogP contribution < -0.4 is 5.56 Å². The smallest absolute Gasteiger partial charge is 0.255 e. The maximum atomic E-state index is 13.0. The molecular weight excluding hydrogens is 311 g/mol. The Bertz CT molecular complexity index is 797. The summed E-state index contributed by atoms with van der Waals surface area (Å²) in [5.41, 5.74) is 0.793. The molecule has 1 amide bonds. The molecule has 6 heteroatoms. The Kier molecular flexibility index (Phi) is 4.49. The highest BCUT2D eigenvalue weighted by Crippen LogP contribution is 2.30. The zero-order valence-corrected chi connectivity index (χ0v) is 13.4. The van der Waals surface area contributed by atoms with Crippen molar-refractivity contribution in [1.29, 1.82) is 0 Å². The second-order valence-corrected chi connectivity index (χ2v) is 6.12. The first-order valence-electron chi connectivity index (χ1n) is 7.87. The summed E-state index contributed by atoms with van der Waals surface area (Å²) in [6, 6.07) is 8.57. The van der Waals surface area contributed by atoms with Crippen LogP contribution in [-0.2, 0) is 7.05 Å². The molecule has 1 aromatic carbocycles. The molecule has 1 N–H and O–H groups in total. The Labute approximate surface area is 139 Å². The molecule has 1 saturated carbocycles. The van der Waals surface area contributed by atoms with E-state index in [0.717, 1.165) is 12.8 Å². The van der Waals surface area contributed by atoms with Crippen LogP contribution in [0.1, 0.15) is 34.9 Å². The number of amides is 1. The lowest BCUT2D eigenvalue weighted by Crippen LogP contribution is -2.37. The largest absolute Gasteiger partial charge is 0.387 e. The third-order valence-corrected chi connectivity index (χ3v) is 4.21. The van der Waals surface area contributed by atoms with Crippen molar-refractivity contribution in [3.8, 4) is 0 Å². The monoisotopic (exact) mass is 330 g/mol. The predicted octanol–water partition coefficient (Wildman–Crippen LogP) is 1.86. The van der Waals surface area contributed by atoms with Crippen LogP contribution in [0.2, 0.25) is 0 Å². The van der Waals surface area contributed by atoms with E-state index in [-0.39, 0.29) is 29.9 Å². The summed E-state index contributed by atoms with van der Waals surface area (Å²) >= 11 is 0. The van der Waals surface area contributed by atoms with Crippen molar-refractivity contribution >= 4 is 5.91 Å². The number of carbonyl (C=O) groups excluding carboxylic acids is 1. The van der Waals surface area contributed by atoms with Gasteiger partial charge in [-0.2, -0.15) is 0 Å². The standard InChI is InChI=1S/C18H19FN2O3/c1-20-10-13(4-9-17(20)23)18(24)21(15-7-8-15)11-16(22)12-2-5-14(19)6-3-12/h2-6,9-10,15-16,22H,7-8,11H2,1H3/t16-/m1/s1. The molecule has 0 unspecified atom stereocenters. The van der Waals surface area contributed by atoms with E-state index in [4.69, 9.17) is 0 Å². The molecule has 1 aliphatic carbocycles. The van der Waals surface area contributed by atoms with Gasteiger partial charge in [0.1, 0.15) is 5.82 Å². The maximum absolute atomic E-state index is 13.0. The summed E-state index contributed by atoms with van der Waals surface area (Å²) in [5, 5.41) is 10.4. The first-order valence-corrected chi connectivity index (χ1v) is 7.87. The van der Waals surface area contributed by atoms with Crippen LogP contribution in [0.3, 0.4) is 0 Å². The lowest BCUT2D eigenvalue weighted by atomic mass is 10.1. The van der Waals surface area contributed by atoms with Gasteiger partial charge in [0.15, 0.2) is 0 Å². The number of aryl methyl sites for hydroxylation is 1. The van der Waals surface area contributed by atoms with Crippen molar-refractivity contribution < 1.29 is 14.3 Å². The number of carbonyl (C=O) groups is 1. The van der Waals surface area contributed by atoms with Gasteiger partial charge in [-0.05, 0) is 36.6 Å². The Hall–Kier alpha value is -2.47. The van der Waals surface area contributed by atoms with Crippen LogP contribution in [-0.4, -0.2) is 33.1 Å². The molecule has 24 heavy (non-hydrogen) atoms. The van der Waals surface area contributed by atoms with Crippen molar-refractivity contribution in [2.24, 2.45) is 7.05 Å². The van der Waals surface area contributed by atoms with E-state index in [9.17, 15) is 19.1 Å². The third kappa shape index (κ3) is 3.54. The van der Waals surface area contributed by atoms with Crippen molar-refractivity contribution in [3.63, 3.8) is 0 Å². The topological polar surface area (TPSA) is 62.5 Å². The van der Waals surface area contributed by atoms with Crippen LogP contribution in [0.15, 0.2) is 47.4 Å². The number of aliphatic hydroxyl groups excluding tert-OH is 1. The SMILES string of the molecule is Cn1cc(C(=O)N(C[C@@H](O)c2ccc(F)cc2)C2CC2)ccc1=O. The van der Waals surface area contributed by atoms with Gasteiger partial charge in [-0.1, -0.05) is 12.1 Å². The number of rotatable bonds is 5. The Morgan fingerprint density at radius 2 is 1.96 bits per heavy atom. The Morgan fingerprint density at radius 1 is 1.29 bits per heavy atom. The Morgan fingerprint density at radius 3 is 2.54 bits per heavy atom. The van der Waals surface area contributed by atoms with Gasteiger partial charge in [0.05, 0.1) is 18.2 Å². The van der Waals surface area contributed by atoms with Crippen LogP contribution in [0.4, 0.5) is 4.39 Å². The minimum atomic E-state index is -0.886. The number of nitrogens with zero attached hydrogens (tertiary/aromatic N) is 2. The van der Waals surface area contributed by atoms with E-state index in [1.165, 1.54) is 47.2 Å². The molecule has 3 rings (SSSR count). The van der Waals surface area contributed by atoms with Crippen LogP contribution >= 0.6 is 0 Å². The van der Waals surface area contributed by atoms with Gasteiger partial charge in [0, 0.05) is 25.4 Å². The van der Waals surface area contributed by atoms with Gasteiger partial charge in [-0.3, -0.25) is 9.59 Å². The van der Waals surface area contributed by atoms with Crippen molar-refractivity contribution in [1.82, 2.24) is 9.47 Å². The van der Waals surface area contributed by atoms with E-state index < -0.39 is 6.10 Å². The van der Waals surface area contributed by atoms with E-state index >= 15 is 0 Å². The molecule has 2 aromatic rings. The molecule has 1 atom stereocenters.